The van der Waals surface area contributed by atoms with Gasteiger partial charge in [0.25, 0.3) is 5.69 Å². The van der Waals surface area contributed by atoms with Crippen LogP contribution in [0.2, 0.25) is 0 Å². The zero-order valence-corrected chi connectivity index (χ0v) is 21.6. The van der Waals surface area contributed by atoms with Crippen LogP contribution in [0.5, 0.6) is 0 Å². The van der Waals surface area contributed by atoms with E-state index in [4.69, 9.17) is 9.47 Å². The van der Waals surface area contributed by atoms with Crippen LogP contribution in [0.4, 0.5) is 5.69 Å². The van der Waals surface area contributed by atoms with E-state index in [9.17, 15) is 14.9 Å². The maximum absolute atomic E-state index is 13.4. The van der Waals surface area contributed by atoms with Gasteiger partial charge < -0.3 is 9.47 Å². The van der Waals surface area contributed by atoms with Crippen molar-refractivity contribution in [3.63, 3.8) is 0 Å². The van der Waals surface area contributed by atoms with Crippen LogP contribution in [-0.2, 0) is 20.7 Å². The van der Waals surface area contributed by atoms with E-state index in [1.54, 1.807) is 12.1 Å². The Kier molecular flexibility index (Phi) is 9.37. The quantitative estimate of drug-likeness (QED) is 0.163. The van der Waals surface area contributed by atoms with Gasteiger partial charge >= 0.3 is 5.97 Å². The van der Waals surface area contributed by atoms with E-state index in [1.807, 2.05) is 69.3 Å². The number of nitro benzene ring substituents is 1. The van der Waals surface area contributed by atoms with E-state index >= 15 is 0 Å². The lowest BCUT2D eigenvalue weighted by Crippen LogP contribution is -2.26. The van der Waals surface area contributed by atoms with Gasteiger partial charge in [0.05, 0.1) is 10.8 Å². The molecule has 3 aromatic carbocycles. The number of carbonyl (C=O) groups excluding carboxylic acids is 1. The highest BCUT2D eigenvalue weighted by Crippen LogP contribution is 2.39. The van der Waals surface area contributed by atoms with Gasteiger partial charge in [0, 0.05) is 18.7 Å². The van der Waals surface area contributed by atoms with Gasteiger partial charge in [-0.25, -0.2) is 0 Å². The zero-order valence-electron chi connectivity index (χ0n) is 21.6. The Balaban J connectivity index is 1.91. The summed E-state index contributed by atoms with van der Waals surface area (Å²) in [7, 11) is 0. The summed E-state index contributed by atoms with van der Waals surface area (Å²) in [5, 5.41) is 10.9. The third kappa shape index (κ3) is 7.01. The first-order chi connectivity index (χ1) is 17.2. The molecule has 3 atom stereocenters. The maximum Gasteiger partial charge on any atom is 0.309 e. The summed E-state index contributed by atoms with van der Waals surface area (Å²) in [6.07, 6.45) is -0.678. The Hall–Kier alpha value is -3.51. The molecule has 0 amide bonds. The minimum atomic E-state index is -0.627. The molecule has 36 heavy (non-hydrogen) atoms. The number of non-ortho nitro benzene ring substituents is 1. The van der Waals surface area contributed by atoms with Crippen LogP contribution in [-0.4, -0.2) is 17.5 Å². The molecule has 6 heteroatoms. The minimum absolute atomic E-state index is 0.0250. The van der Waals surface area contributed by atoms with E-state index in [2.05, 4.69) is 13.8 Å². The van der Waals surface area contributed by atoms with Crippen molar-refractivity contribution in [1.82, 2.24) is 0 Å². The molecule has 6 nitrogen and oxygen atoms in total. The van der Waals surface area contributed by atoms with Gasteiger partial charge in [-0.05, 0) is 54.0 Å². The molecule has 0 aliphatic rings. The Morgan fingerprint density at radius 3 is 1.86 bits per heavy atom. The number of benzene rings is 3. The number of nitro groups is 1. The molecule has 0 bridgehead atoms. The number of ether oxygens (including phenoxy) is 2. The van der Waals surface area contributed by atoms with E-state index in [-0.39, 0.29) is 11.7 Å². The molecule has 1 unspecified atom stereocenters. The first-order valence-corrected chi connectivity index (χ1v) is 12.3. The van der Waals surface area contributed by atoms with Crippen molar-refractivity contribution >= 4 is 11.7 Å². The highest BCUT2D eigenvalue weighted by Gasteiger charge is 2.33. The second kappa shape index (κ2) is 12.5. The van der Waals surface area contributed by atoms with E-state index in [0.717, 1.165) is 27.8 Å². The number of hydrogen-bond acceptors (Lipinski definition) is 5. The Labute approximate surface area is 213 Å². The highest BCUT2D eigenvalue weighted by molar-refractivity contribution is 5.73. The highest BCUT2D eigenvalue weighted by atomic mass is 16.6. The summed E-state index contributed by atoms with van der Waals surface area (Å²) in [6.45, 7) is 10.6. The number of rotatable bonds is 11. The van der Waals surface area contributed by atoms with Crippen molar-refractivity contribution in [2.24, 2.45) is 11.8 Å². The number of carbonyl (C=O) groups is 1. The third-order valence-corrected chi connectivity index (χ3v) is 6.21. The molecule has 0 saturated carbocycles. The van der Waals surface area contributed by atoms with Crippen molar-refractivity contribution in [3.8, 4) is 0 Å². The van der Waals surface area contributed by atoms with Gasteiger partial charge in [-0.15, -0.1) is 0 Å². The fraction of sp³-hybridized carbons (Fsp3) is 0.367. The van der Waals surface area contributed by atoms with Crippen molar-refractivity contribution in [2.75, 3.05) is 6.61 Å². The van der Waals surface area contributed by atoms with E-state index in [0.29, 0.717) is 18.9 Å². The first kappa shape index (κ1) is 27.1. The molecule has 0 fully saturated rings. The lowest BCUT2D eigenvalue weighted by Gasteiger charge is -2.31. The fourth-order valence-electron chi connectivity index (χ4n) is 4.17. The van der Waals surface area contributed by atoms with Crippen molar-refractivity contribution in [3.05, 3.63) is 111 Å². The molecule has 0 N–H and O–H groups in total. The summed E-state index contributed by atoms with van der Waals surface area (Å²) in [5.74, 6) is -0.472. The average molecular weight is 490 g/mol. The molecule has 3 aromatic rings. The minimum Gasteiger partial charge on any atom is -0.454 e. The Bertz CT molecular complexity index is 1170. The van der Waals surface area contributed by atoms with Crippen LogP contribution in [0.3, 0.4) is 0 Å². The standard InChI is InChI=1S/C30H35NO5/c1-20(2)19-35-28(26-12-8-6-10-21(26)3)29(27-13-9-7-11-22(27)4)36-30(32)23(5)18-24-14-16-25(17-15-24)31(33)34/h6-17,20,23,28-29H,18-19H2,1-5H3/t23?,28-,29+/m0/s1. The van der Waals surface area contributed by atoms with E-state index in [1.165, 1.54) is 12.1 Å². The smallest absolute Gasteiger partial charge is 0.309 e. The molecule has 0 saturated heterocycles. The van der Waals surface area contributed by atoms with Crippen LogP contribution in [0.15, 0.2) is 72.8 Å². The lowest BCUT2D eigenvalue weighted by molar-refractivity contribution is -0.384. The predicted molar refractivity (Wildman–Crippen MR) is 141 cm³/mol. The molecule has 0 radical (unpaired) electrons. The Morgan fingerprint density at radius 2 is 1.36 bits per heavy atom. The van der Waals surface area contributed by atoms with Crippen LogP contribution in [0.25, 0.3) is 0 Å². The predicted octanol–water partition coefficient (Wildman–Crippen LogP) is 7.09. The largest absolute Gasteiger partial charge is 0.454 e. The molecule has 3 rings (SSSR count). The zero-order chi connectivity index (χ0) is 26.2. The van der Waals surface area contributed by atoms with Crippen molar-refractivity contribution in [1.29, 1.82) is 0 Å². The number of esters is 1. The third-order valence-electron chi connectivity index (χ3n) is 6.21. The normalized spacial score (nSPS) is 13.7. The average Bonchev–Trinajstić information content (AvgIpc) is 2.84. The molecular weight excluding hydrogens is 454 g/mol. The van der Waals surface area contributed by atoms with Gasteiger partial charge in [-0.1, -0.05) is 81.4 Å². The Morgan fingerprint density at radius 1 is 0.833 bits per heavy atom. The van der Waals surface area contributed by atoms with Crippen LogP contribution in [0.1, 0.15) is 60.8 Å². The topological polar surface area (TPSA) is 78.7 Å². The maximum atomic E-state index is 13.4. The molecule has 0 aliphatic carbocycles. The summed E-state index contributed by atoms with van der Waals surface area (Å²) in [6, 6.07) is 22.2. The second-order valence-corrected chi connectivity index (χ2v) is 9.75. The van der Waals surface area contributed by atoms with Crippen molar-refractivity contribution in [2.45, 2.75) is 53.2 Å². The molecule has 0 heterocycles. The summed E-state index contributed by atoms with van der Waals surface area (Å²) in [5.41, 5.74) is 4.85. The number of nitrogens with zero attached hydrogens (tertiary/aromatic N) is 1. The first-order valence-electron chi connectivity index (χ1n) is 12.3. The van der Waals surface area contributed by atoms with Crippen molar-refractivity contribution < 1.29 is 19.2 Å². The van der Waals surface area contributed by atoms with E-state index < -0.39 is 23.0 Å². The van der Waals surface area contributed by atoms with Gasteiger partial charge in [0.15, 0.2) is 6.10 Å². The SMILES string of the molecule is Cc1ccccc1[C@@H](OC(=O)C(C)Cc1ccc([N+](=O)[O-])cc1)[C@@H](OCC(C)C)c1ccccc1C. The molecule has 190 valence electrons. The van der Waals surface area contributed by atoms with Gasteiger partial charge in [-0.3, -0.25) is 14.9 Å². The van der Waals surface area contributed by atoms with Crippen LogP contribution >= 0.6 is 0 Å². The van der Waals surface area contributed by atoms with Crippen LogP contribution < -0.4 is 0 Å². The summed E-state index contributed by atoms with van der Waals surface area (Å²) < 4.78 is 12.7. The molecule has 0 aromatic heterocycles. The van der Waals surface area contributed by atoms with Crippen LogP contribution in [0, 0.1) is 35.8 Å². The second-order valence-electron chi connectivity index (χ2n) is 9.75. The summed E-state index contributed by atoms with van der Waals surface area (Å²) >= 11 is 0. The van der Waals surface area contributed by atoms with Gasteiger partial charge in [0.1, 0.15) is 6.10 Å². The molecule has 0 spiro atoms. The summed E-state index contributed by atoms with van der Waals surface area (Å²) in [4.78, 5) is 23.9. The molecule has 0 aliphatic heterocycles. The number of hydrogen-bond donors (Lipinski definition) is 0. The monoisotopic (exact) mass is 489 g/mol. The lowest BCUT2D eigenvalue weighted by atomic mass is 9.92. The fourth-order valence-corrected chi connectivity index (χ4v) is 4.17. The number of aryl methyl sites for hydroxylation is 2. The van der Waals surface area contributed by atoms with Gasteiger partial charge in [0.2, 0.25) is 0 Å². The molecular formula is C30H35NO5. The van der Waals surface area contributed by atoms with Gasteiger partial charge in [-0.2, -0.15) is 0 Å².